The lowest BCUT2D eigenvalue weighted by atomic mass is 9.97. The molecule has 29 heavy (non-hydrogen) atoms. The first-order valence-corrected chi connectivity index (χ1v) is 9.70. The van der Waals surface area contributed by atoms with Gasteiger partial charge in [-0.3, -0.25) is 19.0 Å². The van der Waals surface area contributed by atoms with Crippen molar-refractivity contribution < 1.29 is 9.59 Å². The highest BCUT2D eigenvalue weighted by Crippen LogP contribution is 2.19. The molecule has 1 fully saturated rings. The van der Waals surface area contributed by atoms with Crippen molar-refractivity contribution >= 4 is 28.4 Å². The van der Waals surface area contributed by atoms with Crippen molar-refractivity contribution in [3.63, 3.8) is 0 Å². The summed E-state index contributed by atoms with van der Waals surface area (Å²) in [6, 6.07) is 16.4. The van der Waals surface area contributed by atoms with Gasteiger partial charge in [0.1, 0.15) is 6.54 Å². The number of carbonyl (C=O) groups excluding carboxylic acids is 2. The highest BCUT2D eigenvalue weighted by Gasteiger charge is 2.28. The summed E-state index contributed by atoms with van der Waals surface area (Å²) in [5.74, 6) is -0.529. The van der Waals surface area contributed by atoms with Crippen molar-refractivity contribution in [1.82, 2.24) is 14.5 Å². The third-order valence-electron chi connectivity index (χ3n) is 5.22. The second kappa shape index (κ2) is 8.26. The topological polar surface area (TPSA) is 84.3 Å². The SMILES string of the molecule is O=C(Nc1ccccc1)C1CCCN(C(=O)Cn2cnc3ccccc3c2=O)C1. The van der Waals surface area contributed by atoms with Gasteiger partial charge in [-0.05, 0) is 37.1 Å². The van der Waals surface area contributed by atoms with Crippen LogP contribution in [-0.2, 0) is 16.1 Å². The number of para-hydroxylation sites is 2. The molecule has 0 spiro atoms. The van der Waals surface area contributed by atoms with Crippen molar-refractivity contribution in [2.45, 2.75) is 19.4 Å². The van der Waals surface area contributed by atoms with Crippen molar-refractivity contribution in [2.75, 3.05) is 18.4 Å². The number of nitrogens with zero attached hydrogens (tertiary/aromatic N) is 3. The van der Waals surface area contributed by atoms with Crippen LogP contribution in [0.2, 0.25) is 0 Å². The second-order valence-corrected chi connectivity index (χ2v) is 7.23. The maximum absolute atomic E-state index is 12.8. The van der Waals surface area contributed by atoms with Gasteiger partial charge in [-0.25, -0.2) is 4.98 Å². The molecule has 2 heterocycles. The first kappa shape index (κ1) is 18.9. The van der Waals surface area contributed by atoms with Crippen LogP contribution >= 0.6 is 0 Å². The Balaban J connectivity index is 1.43. The van der Waals surface area contributed by atoms with Gasteiger partial charge in [0, 0.05) is 18.8 Å². The number of amides is 2. The number of hydrogen-bond donors (Lipinski definition) is 1. The smallest absolute Gasteiger partial charge is 0.261 e. The van der Waals surface area contributed by atoms with E-state index in [0.717, 1.165) is 18.5 Å². The third kappa shape index (κ3) is 4.18. The molecule has 7 nitrogen and oxygen atoms in total. The van der Waals surface area contributed by atoms with E-state index < -0.39 is 0 Å². The van der Waals surface area contributed by atoms with Gasteiger partial charge < -0.3 is 10.2 Å². The molecule has 2 aromatic carbocycles. The molecule has 2 amide bonds. The highest BCUT2D eigenvalue weighted by atomic mass is 16.2. The zero-order valence-corrected chi connectivity index (χ0v) is 16.0. The molecule has 1 saturated heterocycles. The Morgan fingerprint density at radius 3 is 2.66 bits per heavy atom. The minimum atomic E-state index is -0.264. The zero-order valence-electron chi connectivity index (χ0n) is 16.0. The largest absolute Gasteiger partial charge is 0.340 e. The van der Waals surface area contributed by atoms with Crippen LogP contribution in [0.4, 0.5) is 5.69 Å². The van der Waals surface area contributed by atoms with Crippen LogP contribution < -0.4 is 10.9 Å². The fourth-order valence-corrected chi connectivity index (χ4v) is 3.65. The molecule has 148 valence electrons. The molecular formula is C22H22N4O3. The van der Waals surface area contributed by atoms with Gasteiger partial charge in [0.2, 0.25) is 11.8 Å². The second-order valence-electron chi connectivity index (χ2n) is 7.23. The average Bonchev–Trinajstić information content (AvgIpc) is 2.76. The Morgan fingerprint density at radius 2 is 1.83 bits per heavy atom. The van der Waals surface area contributed by atoms with E-state index in [9.17, 15) is 14.4 Å². The molecule has 0 bridgehead atoms. The molecule has 1 N–H and O–H groups in total. The van der Waals surface area contributed by atoms with E-state index in [1.165, 1.54) is 10.9 Å². The quantitative estimate of drug-likeness (QED) is 0.741. The predicted molar refractivity (Wildman–Crippen MR) is 110 cm³/mol. The normalized spacial score (nSPS) is 16.6. The van der Waals surface area contributed by atoms with Crippen LogP contribution in [-0.4, -0.2) is 39.4 Å². The zero-order chi connectivity index (χ0) is 20.2. The van der Waals surface area contributed by atoms with Crippen molar-refractivity contribution in [1.29, 1.82) is 0 Å². The van der Waals surface area contributed by atoms with Crippen molar-refractivity contribution in [3.05, 3.63) is 71.3 Å². The van der Waals surface area contributed by atoms with E-state index >= 15 is 0 Å². The minimum Gasteiger partial charge on any atom is -0.340 e. The van der Waals surface area contributed by atoms with Crippen LogP contribution in [0.25, 0.3) is 10.9 Å². The first-order chi connectivity index (χ1) is 14.1. The molecule has 1 unspecified atom stereocenters. The molecule has 1 aliphatic rings. The summed E-state index contributed by atoms with van der Waals surface area (Å²) in [4.78, 5) is 43.9. The monoisotopic (exact) mass is 390 g/mol. The number of benzene rings is 2. The van der Waals surface area contributed by atoms with Crippen LogP contribution in [0.5, 0.6) is 0 Å². The van der Waals surface area contributed by atoms with Gasteiger partial charge in [-0.2, -0.15) is 0 Å². The van der Waals surface area contributed by atoms with Gasteiger partial charge in [0.05, 0.1) is 23.1 Å². The van der Waals surface area contributed by atoms with Crippen LogP contribution in [0.1, 0.15) is 12.8 Å². The fourth-order valence-electron chi connectivity index (χ4n) is 3.65. The molecule has 0 aliphatic carbocycles. The van der Waals surface area contributed by atoms with Crippen molar-refractivity contribution in [3.8, 4) is 0 Å². The molecule has 1 aromatic heterocycles. The van der Waals surface area contributed by atoms with Crippen LogP contribution in [0.15, 0.2) is 65.7 Å². The number of fused-ring (bicyclic) bond motifs is 1. The molecule has 3 aromatic rings. The summed E-state index contributed by atoms with van der Waals surface area (Å²) >= 11 is 0. The number of aromatic nitrogens is 2. The lowest BCUT2D eigenvalue weighted by molar-refractivity contribution is -0.135. The van der Waals surface area contributed by atoms with Gasteiger partial charge in [0.25, 0.3) is 5.56 Å². The Bertz CT molecular complexity index is 1090. The first-order valence-electron chi connectivity index (χ1n) is 9.70. The van der Waals surface area contributed by atoms with Gasteiger partial charge >= 0.3 is 0 Å². The lowest BCUT2D eigenvalue weighted by Crippen LogP contribution is -2.45. The Morgan fingerprint density at radius 1 is 1.07 bits per heavy atom. The number of piperidine rings is 1. The Kier molecular flexibility index (Phi) is 5.37. The van der Waals surface area contributed by atoms with Gasteiger partial charge in [-0.1, -0.05) is 30.3 Å². The summed E-state index contributed by atoms with van der Waals surface area (Å²) < 4.78 is 1.33. The number of likely N-dealkylation sites (tertiary alicyclic amines) is 1. The minimum absolute atomic E-state index is 0.0797. The van der Waals surface area contributed by atoms with Crippen LogP contribution in [0.3, 0.4) is 0 Å². The fraction of sp³-hybridized carbons (Fsp3) is 0.273. The molecule has 7 heteroatoms. The summed E-state index contributed by atoms with van der Waals surface area (Å²) in [5.41, 5.74) is 1.12. The molecule has 1 aliphatic heterocycles. The average molecular weight is 390 g/mol. The number of anilines is 1. The van der Waals surface area contributed by atoms with E-state index in [1.54, 1.807) is 23.1 Å². The maximum Gasteiger partial charge on any atom is 0.261 e. The van der Waals surface area contributed by atoms with E-state index in [0.29, 0.717) is 24.0 Å². The Hall–Kier alpha value is -3.48. The number of carbonyl (C=O) groups is 2. The van der Waals surface area contributed by atoms with E-state index in [-0.39, 0.29) is 29.8 Å². The molecular weight excluding hydrogens is 368 g/mol. The number of hydrogen-bond acceptors (Lipinski definition) is 4. The standard InChI is InChI=1S/C22H22N4O3/c27-20(14-26-15-23-19-11-5-4-10-18(19)22(26)29)25-12-6-7-16(13-25)21(28)24-17-8-2-1-3-9-17/h1-5,8-11,15-16H,6-7,12-14H2,(H,24,28). The summed E-state index contributed by atoms with van der Waals surface area (Å²) in [6.07, 6.45) is 2.90. The predicted octanol–water partition coefficient (Wildman–Crippen LogP) is 2.27. The maximum atomic E-state index is 12.8. The van der Waals surface area contributed by atoms with E-state index in [2.05, 4.69) is 10.3 Å². The molecule has 0 saturated carbocycles. The van der Waals surface area contributed by atoms with Crippen molar-refractivity contribution in [2.24, 2.45) is 5.92 Å². The van der Waals surface area contributed by atoms with Gasteiger partial charge in [0.15, 0.2) is 0 Å². The molecule has 0 radical (unpaired) electrons. The summed E-state index contributed by atoms with van der Waals surface area (Å²) in [5, 5.41) is 3.40. The number of nitrogens with one attached hydrogen (secondary N) is 1. The number of rotatable bonds is 4. The molecule has 4 rings (SSSR count). The van der Waals surface area contributed by atoms with E-state index in [4.69, 9.17) is 0 Å². The Labute approximate surface area is 168 Å². The van der Waals surface area contributed by atoms with Crippen LogP contribution in [0, 0.1) is 5.92 Å². The lowest BCUT2D eigenvalue weighted by Gasteiger charge is -2.32. The summed E-state index contributed by atoms with van der Waals surface area (Å²) in [6.45, 7) is 0.862. The van der Waals surface area contributed by atoms with E-state index in [1.807, 2.05) is 36.4 Å². The molecule has 1 atom stereocenters. The van der Waals surface area contributed by atoms with Gasteiger partial charge in [-0.15, -0.1) is 0 Å². The third-order valence-corrected chi connectivity index (χ3v) is 5.22. The highest BCUT2D eigenvalue weighted by molar-refractivity contribution is 5.93. The summed E-state index contributed by atoms with van der Waals surface area (Å²) in [7, 11) is 0.